The van der Waals surface area contributed by atoms with Crippen molar-refractivity contribution in [2.45, 2.75) is 47.6 Å². The fourth-order valence-corrected chi connectivity index (χ4v) is 2.18. The van der Waals surface area contributed by atoms with Crippen LogP contribution in [0.5, 0.6) is 0 Å². The van der Waals surface area contributed by atoms with E-state index in [0.717, 1.165) is 23.5 Å². The van der Waals surface area contributed by atoms with Gasteiger partial charge in [0, 0.05) is 37.8 Å². The maximum atomic E-state index is 11.9. The zero-order valence-electron chi connectivity index (χ0n) is 13.6. The predicted octanol–water partition coefficient (Wildman–Crippen LogP) is 0.951. The Morgan fingerprint density at radius 2 is 1.81 bits per heavy atom. The molecule has 2 N–H and O–H groups in total. The lowest BCUT2D eigenvalue weighted by Gasteiger charge is -2.08. The summed E-state index contributed by atoms with van der Waals surface area (Å²) in [5.41, 5.74) is 2.95. The van der Waals surface area contributed by atoms with Crippen LogP contribution in [0.4, 0.5) is 0 Å². The molecule has 1 heterocycles. The third-order valence-corrected chi connectivity index (χ3v) is 3.23. The standard InChI is InChI=1S/C15H26N4O2/c1-10(2)9-19-12(4)14(11(3)18-19)8-15(21)17-7-6-16-13(5)20/h10H,6-9H2,1-5H3,(H,16,20)(H,17,21). The molecule has 21 heavy (non-hydrogen) atoms. The first-order chi connectivity index (χ1) is 9.81. The summed E-state index contributed by atoms with van der Waals surface area (Å²) in [5.74, 6) is 0.379. The molecule has 0 spiro atoms. The van der Waals surface area contributed by atoms with E-state index in [-0.39, 0.29) is 11.8 Å². The summed E-state index contributed by atoms with van der Waals surface area (Å²) in [6.07, 6.45) is 0.329. The fraction of sp³-hybridized carbons (Fsp3) is 0.667. The van der Waals surface area contributed by atoms with Gasteiger partial charge in [-0.3, -0.25) is 14.3 Å². The van der Waals surface area contributed by atoms with Crippen molar-refractivity contribution in [2.75, 3.05) is 13.1 Å². The Hall–Kier alpha value is -1.85. The van der Waals surface area contributed by atoms with E-state index in [1.165, 1.54) is 6.92 Å². The molecular formula is C15H26N4O2. The molecule has 0 aliphatic carbocycles. The minimum atomic E-state index is -0.0918. The summed E-state index contributed by atoms with van der Waals surface area (Å²) >= 11 is 0. The smallest absolute Gasteiger partial charge is 0.224 e. The molecule has 1 aromatic rings. The first-order valence-corrected chi connectivity index (χ1v) is 7.35. The Morgan fingerprint density at radius 3 is 2.38 bits per heavy atom. The van der Waals surface area contributed by atoms with E-state index in [9.17, 15) is 9.59 Å². The summed E-state index contributed by atoms with van der Waals surface area (Å²) in [4.78, 5) is 22.7. The maximum absolute atomic E-state index is 11.9. The van der Waals surface area contributed by atoms with Crippen molar-refractivity contribution in [3.05, 3.63) is 17.0 Å². The molecule has 0 bridgehead atoms. The van der Waals surface area contributed by atoms with E-state index in [2.05, 4.69) is 29.6 Å². The Morgan fingerprint density at radius 1 is 1.19 bits per heavy atom. The lowest BCUT2D eigenvalue weighted by molar-refractivity contribution is -0.121. The first-order valence-electron chi connectivity index (χ1n) is 7.35. The number of aromatic nitrogens is 2. The van der Waals surface area contributed by atoms with E-state index in [1.807, 2.05) is 18.5 Å². The van der Waals surface area contributed by atoms with Crippen LogP contribution in [0, 0.1) is 19.8 Å². The normalized spacial score (nSPS) is 10.8. The molecule has 0 unspecified atom stereocenters. The van der Waals surface area contributed by atoms with Crippen LogP contribution < -0.4 is 10.6 Å². The van der Waals surface area contributed by atoms with E-state index in [1.54, 1.807) is 0 Å². The highest BCUT2D eigenvalue weighted by molar-refractivity contribution is 5.79. The highest BCUT2D eigenvalue weighted by atomic mass is 16.2. The Labute approximate surface area is 126 Å². The number of hydrogen-bond acceptors (Lipinski definition) is 3. The van der Waals surface area contributed by atoms with Gasteiger partial charge >= 0.3 is 0 Å². The molecule has 0 aliphatic heterocycles. The Bertz CT molecular complexity index is 506. The van der Waals surface area contributed by atoms with Gasteiger partial charge in [0.15, 0.2) is 0 Å². The van der Waals surface area contributed by atoms with Crippen LogP contribution in [0.1, 0.15) is 37.7 Å². The van der Waals surface area contributed by atoms with Gasteiger partial charge in [0.1, 0.15) is 0 Å². The molecule has 0 aromatic carbocycles. The highest BCUT2D eigenvalue weighted by Crippen LogP contribution is 2.15. The fourth-order valence-electron chi connectivity index (χ4n) is 2.18. The lowest BCUT2D eigenvalue weighted by atomic mass is 10.1. The first kappa shape index (κ1) is 17.2. The van der Waals surface area contributed by atoms with Gasteiger partial charge in [-0.05, 0) is 19.8 Å². The van der Waals surface area contributed by atoms with Crippen LogP contribution in [0.3, 0.4) is 0 Å². The van der Waals surface area contributed by atoms with Gasteiger partial charge in [0.05, 0.1) is 12.1 Å². The lowest BCUT2D eigenvalue weighted by Crippen LogP contribution is -2.34. The SMILES string of the molecule is CC(=O)NCCNC(=O)Cc1c(C)nn(CC(C)C)c1C. The van der Waals surface area contributed by atoms with Gasteiger partial charge in [-0.15, -0.1) is 0 Å². The number of aryl methyl sites for hydroxylation is 1. The zero-order chi connectivity index (χ0) is 16.0. The maximum Gasteiger partial charge on any atom is 0.224 e. The molecule has 0 atom stereocenters. The number of rotatable bonds is 7. The molecule has 2 amide bonds. The highest BCUT2D eigenvalue weighted by Gasteiger charge is 2.15. The van der Waals surface area contributed by atoms with Gasteiger partial charge in [0.25, 0.3) is 0 Å². The molecule has 0 saturated carbocycles. The van der Waals surface area contributed by atoms with Crippen molar-refractivity contribution < 1.29 is 9.59 Å². The number of carbonyl (C=O) groups is 2. The van der Waals surface area contributed by atoms with Crippen molar-refractivity contribution in [1.82, 2.24) is 20.4 Å². The predicted molar refractivity (Wildman–Crippen MR) is 81.9 cm³/mol. The quantitative estimate of drug-likeness (QED) is 0.735. The summed E-state index contributed by atoms with van der Waals surface area (Å²) in [5, 5.41) is 9.95. The van der Waals surface area contributed by atoms with Crippen molar-refractivity contribution in [3.8, 4) is 0 Å². The number of amides is 2. The average Bonchev–Trinajstić information content (AvgIpc) is 2.61. The molecule has 0 aliphatic rings. The van der Waals surface area contributed by atoms with Gasteiger partial charge in [-0.25, -0.2) is 0 Å². The van der Waals surface area contributed by atoms with E-state index in [4.69, 9.17) is 0 Å². The van der Waals surface area contributed by atoms with Gasteiger partial charge in [0.2, 0.25) is 11.8 Å². The second-order valence-corrected chi connectivity index (χ2v) is 5.74. The van der Waals surface area contributed by atoms with Crippen molar-refractivity contribution in [1.29, 1.82) is 0 Å². The van der Waals surface area contributed by atoms with E-state index in [0.29, 0.717) is 25.4 Å². The van der Waals surface area contributed by atoms with Crippen LogP contribution in [0.15, 0.2) is 0 Å². The van der Waals surface area contributed by atoms with Gasteiger partial charge < -0.3 is 10.6 Å². The second-order valence-electron chi connectivity index (χ2n) is 5.74. The van der Waals surface area contributed by atoms with Crippen molar-refractivity contribution >= 4 is 11.8 Å². The average molecular weight is 294 g/mol. The molecule has 0 fully saturated rings. The minimum Gasteiger partial charge on any atom is -0.355 e. The monoisotopic (exact) mass is 294 g/mol. The molecule has 118 valence electrons. The van der Waals surface area contributed by atoms with Crippen LogP contribution in [-0.2, 0) is 22.6 Å². The van der Waals surface area contributed by atoms with Crippen molar-refractivity contribution in [2.24, 2.45) is 5.92 Å². The Balaban J connectivity index is 2.56. The zero-order valence-corrected chi connectivity index (χ0v) is 13.6. The van der Waals surface area contributed by atoms with Gasteiger partial charge in [-0.2, -0.15) is 5.10 Å². The van der Waals surface area contributed by atoms with Gasteiger partial charge in [-0.1, -0.05) is 13.8 Å². The number of nitrogens with zero attached hydrogens (tertiary/aromatic N) is 2. The largest absolute Gasteiger partial charge is 0.355 e. The molecule has 1 rings (SSSR count). The molecular weight excluding hydrogens is 268 g/mol. The third-order valence-electron chi connectivity index (χ3n) is 3.23. The van der Waals surface area contributed by atoms with E-state index >= 15 is 0 Å². The van der Waals surface area contributed by atoms with Crippen LogP contribution in [0.25, 0.3) is 0 Å². The minimum absolute atomic E-state index is 0.0457. The van der Waals surface area contributed by atoms with Crippen LogP contribution in [0.2, 0.25) is 0 Å². The summed E-state index contributed by atoms with van der Waals surface area (Å²) in [6.45, 7) is 11.4. The summed E-state index contributed by atoms with van der Waals surface area (Å²) in [6, 6.07) is 0. The van der Waals surface area contributed by atoms with Crippen LogP contribution in [-0.4, -0.2) is 34.7 Å². The summed E-state index contributed by atoms with van der Waals surface area (Å²) < 4.78 is 1.97. The van der Waals surface area contributed by atoms with Crippen LogP contribution >= 0.6 is 0 Å². The molecule has 6 heteroatoms. The second kappa shape index (κ2) is 7.81. The molecule has 1 aromatic heterocycles. The summed E-state index contributed by atoms with van der Waals surface area (Å²) in [7, 11) is 0. The topological polar surface area (TPSA) is 76.0 Å². The molecule has 0 saturated heterocycles. The van der Waals surface area contributed by atoms with E-state index < -0.39 is 0 Å². The Kier molecular flexibility index (Phi) is 6.39. The number of carbonyl (C=O) groups excluding carboxylic acids is 2. The molecule has 6 nitrogen and oxygen atoms in total. The number of hydrogen-bond donors (Lipinski definition) is 2. The number of nitrogens with one attached hydrogen (secondary N) is 2. The van der Waals surface area contributed by atoms with Crippen molar-refractivity contribution in [3.63, 3.8) is 0 Å². The third kappa shape index (κ3) is 5.57. The molecule has 0 radical (unpaired) electrons.